The van der Waals surface area contributed by atoms with Gasteiger partial charge in [-0.3, -0.25) is 10.2 Å². The highest BCUT2D eigenvalue weighted by Crippen LogP contribution is 2.62. The number of rotatable bonds is 4. The average molecular weight is 359 g/mol. The Morgan fingerprint density at radius 1 is 1.40 bits per heavy atom. The van der Waals surface area contributed by atoms with Crippen molar-refractivity contribution in [3.8, 4) is 10.4 Å². The van der Waals surface area contributed by atoms with Gasteiger partial charge in [-0.1, -0.05) is 30.3 Å². The number of nitrogens with one attached hydrogen (secondary N) is 1. The van der Waals surface area contributed by atoms with E-state index >= 15 is 0 Å². The minimum Gasteiger partial charge on any atom is -0.441 e. The minimum atomic E-state index is -0.649. The van der Waals surface area contributed by atoms with E-state index in [0.717, 1.165) is 36.5 Å². The van der Waals surface area contributed by atoms with E-state index in [1.165, 1.54) is 11.3 Å². The van der Waals surface area contributed by atoms with Gasteiger partial charge in [0.1, 0.15) is 17.3 Å². The first-order valence-electron chi connectivity index (χ1n) is 8.53. The van der Waals surface area contributed by atoms with Crippen LogP contribution in [0.3, 0.4) is 0 Å². The van der Waals surface area contributed by atoms with Gasteiger partial charge in [0, 0.05) is 24.9 Å². The van der Waals surface area contributed by atoms with E-state index in [-0.39, 0.29) is 5.60 Å². The second-order valence-corrected chi connectivity index (χ2v) is 8.07. The predicted octanol–water partition coefficient (Wildman–Crippen LogP) is 3.53. The summed E-state index contributed by atoms with van der Waals surface area (Å²) < 4.78 is 18.9. The summed E-state index contributed by atoms with van der Waals surface area (Å²) in [5, 5.41) is 3.10. The van der Waals surface area contributed by atoms with Crippen LogP contribution in [0, 0.1) is 11.8 Å². The van der Waals surface area contributed by atoms with Crippen molar-refractivity contribution in [3.63, 3.8) is 0 Å². The molecule has 3 aliphatic heterocycles. The van der Waals surface area contributed by atoms with Crippen molar-refractivity contribution < 1.29 is 13.9 Å². The molecule has 4 bridgehead atoms. The van der Waals surface area contributed by atoms with Gasteiger partial charge in [0.05, 0.1) is 4.88 Å². The fourth-order valence-corrected chi connectivity index (χ4v) is 5.37. The smallest absolute Gasteiger partial charge is 0.413 e. The molecule has 2 aromatic rings. The fourth-order valence-electron chi connectivity index (χ4n) is 4.49. The molecule has 2 unspecified atom stereocenters. The second kappa shape index (κ2) is 5.51. The van der Waals surface area contributed by atoms with Crippen molar-refractivity contribution in [2.24, 2.45) is 11.8 Å². The number of aromatic nitrogens is 1. The number of alkyl halides is 1. The zero-order valence-corrected chi connectivity index (χ0v) is 14.4. The van der Waals surface area contributed by atoms with Crippen LogP contribution in [0.5, 0.6) is 0 Å². The Bertz CT molecular complexity index is 821. The third-order valence-corrected chi connectivity index (χ3v) is 6.71. The molecule has 4 atom stereocenters. The number of hydrogen-bond acceptors (Lipinski definition) is 5. The van der Waals surface area contributed by atoms with Gasteiger partial charge in [0.2, 0.25) is 0 Å². The predicted molar refractivity (Wildman–Crippen MR) is 93.2 cm³/mol. The van der Waals surface area contributed by atoms with Gasteiger partial charge in [-0.25, -0.2) is 14.2 Å². The Kier molecular flexibility index (Phi) is 3.36. The first-order chi connectivity index (χ1) is 12.2. The van der Waals surface area contributed by atoms with Gasteiger partial charge in [-0.15, -0.1) is 11.3 Å². The fraction of sp³-hybridized carbons (Fsp3) is 0.444. The quantitative estimate of drug-likeness (QED) is 0.907. The summed E-state index contributed by atoms with van der Waals surface area (Å²) in [7, 11) is 0. The molecule has 6 rings (SSSR count). The van der Waals surface area contributed by atoms with Crippen molar-refractivity contribution in [2.45, 2.75) is 18.7 Å². The molecule has 4 aliphatic rings. The van der Waals surface area contributed by atoms with Crippen molar-refractivity contribution in [1.82, 2.24) is 9.88 Å². The molecule has 1 saturated carbocycles. The van der Waals surface area contributed by atoms with Crippen molar-refractivity contribution in [1.29, 1.82) is 0 Å². The van der Waals surface area contributed by atoms with E-state index in [4.69, 9.17) is 4.74 Å². The Morgan fingerprint density at radius 3 is 2.88 bits per heavy atom. The minimum absolute atomic E-state index is 0.297. The van der Waals surface area contributed by atoms with E-state index in [0.29, 0.717) is 22.7 Å². The molecule has 4 heterocycles. The lowest BCUT2D eigenvalue weighted by molar-refractivity contribution is 0.0535. The molecule has 7 heteroatoms. The lowest BCUT2D eigenvalue weighted by Gasteiger charge is -2.29. The average Bonchev–Trinajstić information content (AvgIpc) is 2.93. The molecule has 3 saturated heterocycles. The van der Waals surface area contributed by atoms with Gasteiger partial charge in [-0.05, 0) is 18.5 Å². The number of halogens is 1. The lowest BCUT2D eigenvalue weighted by atomic mass is 10.1. The van der Waals surface area contributed by atoms with Crippen LogP contribution in [0.4, 0.5) is 15.0 Å². The first-order valence-corrected chi connectivity index (χ1v) is 9.35. The van der Waals surface area contributed by atoms with Crippen LogP contribution >= 0.6 is 11.3 Å². The molecule has 1 N–H and O–H groups in total. The molecule has 0 radical (unpaired) electrons. The van der Waals surface area contributed by atoms with Crippen LogP contribution in [0.2, 0.25) is 0 Å². The van der Waals surface area contributed by atoms with Gasteiger partial charge in [0.15, 0.2) is 5.82 Å². The number of piperidine rings is 3. The summed E-state index contributed by atoms with van der Waals surface area (Å²) >= 11 is 1.25. The number of nitrogens with zero attached hydrogens (tertiary/aromatic N) is 2. The maximum atomic E-state index is 13.1. The summed E-state index contributed by atoms with van der Waals surface area (Å²) in [6.45, 7) is 2.34. The number of carbonyl (C=O) groups is 1. The van der Waals surface area contributed by atoms with E-state index in [2.05, 4.69) is 15.2 Å². The molecule has 5 nitrogen and oxygen atoms in total. The Hall–Kier alpha value is -1.99. The lowest BCUT2D eigenvalue weighted by Crippen LogP contribution is -2.40. The number of carbonyl (C=O) groups excluding carboxylic acids is 1. The highest BCUT2D eigenvalue weighted by Gasteiger charge is 2.74. The number of ether oxygens (including phenoxy) is 1. The zero-order chi connectivity index (χ0) is 17.0. The number of hydrogen-bond donors (Lipinski definition) is 1. The maximum Gasteiger partial charge on any atom is 0.413 e. The molecule has 1 aromatic carbocycles. The maximum absolute atomic E-state index is 13.1. The number of amides is 1. The third kappa shape index (κ3) is 2.37. The summed E-state index contributed by atoms with van der Waals surface area (Å²) in [6.07, 6.45) is 0.625. The Balaban J connectivity index is 1.36. The molecule has 0 spiro atoms. The summed E-state index contributed by atoms with van der Waals surface area (Å²) in [5.41, 5.74) is 0.609. The number of benzene rings is 1. The first kappa shape index (κ1) is 15.3. The largest absolute Gasteiger partial charge is 0.441 e. The number of anilines is 1. The summed E-state index contributed by atoms with van der Waals surface area (Å²) in [4.78, 5) is 19.8. The molecule has 1 aliphatic carbocycles. The van der Waals surface area contributed by atoms with Crippen LogP contribution in [-0.2, 0) is 11.4 Å². The third-order valence-electron chi connectivity index (χ3n) is 5.64. The van der Waals surface area contributed by atoms with E-state index < -0.39 is 12.8 Å². The molecule has 4 fully saturated rings. The topological polar surface area (TPSA) is 54.5 Å². The van der Waals surface area contributed by atoms with E-state index in [1.807, 2.05) is 30.3 Å². The Labute approximate surface area is 148 Å². The Morgan fingerprint density at radius 2 is 2.24 bits per heavy atom. The van der Waals surface area contributed by atoms with E-state index in [9.17, 15) is 9.18 Å². The van der Waals surface area contributed by atoms with Gasteiger partial charge in [0.25, 0.3) is 0 Å². The van der Waals surface area contributed by atoms with Crippen LogP contribution < -0.4 is 5.32 Å². The van der Waals surface area contributed by atoms with Gasteiger partial charge < -0.3 is 4.74 Å². The molecule has 130 valence electrons. The number of thiazole rings is 1. The summed E-state index contributed by atoms with van der Waals surface area (Å²) in [5.74, 6) is 1.37. The van der Waals surface area contributed by atoms with Crippen LogP contribution in [0.1, 0.15) is 11.4 Å². The molecular weight excluding hydrogens is 341 g/mol. The molecule has 1 amide bonds. The normalized spacial score (nSPS) is 31.6. The van der Waals surface area contributed by atoms with E-state index in [1.54, 1.807) is 0 Å². The van der Waals surface area contributed by atoms with Crippen molar-refractivity contribution >= 4 is 23.2 Å². The zero-order valence-electron chi connectivity index (χ0n) is 13.6. The van der Waals surface area contributed by atoms with Crippen molar-refractivity contribution in [3.05, 3.63) is 35.3 Å². The highest BCUT2D eigenvalue weighted by molar-refractivity contribution is 7.15. The van der Waals surface area contributed by atoms with Crippen molar-refractivity contribution in [2.75, 3.05) is 25.0 Å². The van der Waals surface area contributed by atoms with Gasteiger partial charge >= 0.3 is 6.09 Å². The molecular formula is C18H18FN3O2S. The van der Waals surface area contributed by atoms with Crippen LogP contribution in [0.15, 0.2) is 30.3 Å². The number of fused-ring (bicyclic) bond motifs is 1. The van der Waals surface area contributed by atoms with Crippen LogP contribution in [0.25, 0.3) is 10.4 Å². The molecule has 25 heavy (non-hydrogen) atoms. The van der Waals surface area contributed by atoms with Gasteiger partial charge in [-0.2, -0.15) is 0 Å². The summed E-state index contributed by atoms with van der Waals surface area (Å²) in [6, 6.07) is 9.57. The van der Waals surface area contributed by atoms with Crippen LogP contribution in [-0.4, -0.2) is 41.2 Å². The standard InChI is InChI=1S/C18H18FN3O2S/c19-8-14-20-16(15(25-14)11-4-2-1-3-5-11)21-17(23)24-18-10-22-7-6-12(18)13(18)9-22/h1-5,12-13H,6-10H2,(H,21,23)/t12?,13-,18+/m0/s1. The highest BCUT2D eigenvalue weighted by atomic mass is 32.1. The monoisotopic (exact) mass is 359 g/mol. The SMILES string of the molecule is O=C(Nc1nc(CF)sc1-c1ccccc1)O[C@]12CN3CCC1[C@@H]2C3. The second-order valence-electron chi connectivity index (χ2n) is 6.99. The molecule has 1 aromatic heterocycles.